The standard InChI is InChI=1S/C24H22N6O5/c1-3-29-23(33)28-22(30(24(29)34)13-16-6-4-15(2)5-7-16)27-17-8-10-18(11-9-17)35-20-12-19(21(31)32)25-14-26-20/h4-12,14H,3,13H2,1-2H3,(H,31,32)(H,27,28,33). The fourth-order valence-corrected chi connectivity index (χ4v) is 3.28. The zero-order chi connectivity index (χ0) is 24.9. The Hall–Kier alpha value is -4.80. The lowest BCUT2D eigenvalue weighted by atomic mass is 10.1. The van der Waals surface area contributed by atoms with E-state index in [2.05, 4.69) is 19.9 Å². The number of hydrogen-bond acceptors (Lipinski definition) is 7. The van der Waals surface area contributed by atoms with Gasteiger partial charge in [0.05, 0.1) is 12.2 Å². The van der Waals surface area contributed by atoms with Crippen LogP contribution in [0.2, 0.25) is 0 Å². The van der Waals surface area contributed by atoms with Crippen molar-refractivity contribution in [1.29, 1.82) is 0 Å². The van der Waals surface area contributed by atoms with Crippen LogP contribution in [0.4, 0.5) is 5.69 Å². The summed E-state index contributed by atoms with van der Waals surface area (Å²) in [5.74, 6) is -0.726. The third-order valence-corrected chi connectivity index (χ3v) is 5.11. The zero-order valence-electron chi connectivity index (χ0n) is 19.0. The van der Waals surface area contributed by atoms with Gasteiger partial charge in [0.1, 0.15) is 12.1 Å². The second kappa shape index (κ2) is 10.00. The number of aromatic amines is 1. The number of nitrogens with one attached hydrogen (secondary N) is 1. The largest absolute Gasteiger partial charge is 0.477 e. The van der Waals surface area contributed by atoms with E-state index in [4.69, 9.17) is 9.84 Å². The highest BCUT2D eigenvalue weighted by Gasteiger charge is 2.10. The Morgan fingerprint density at radius 3 is 2.43 bits per heavy atom. The van der Waals surface area contributed by atoms with Crippen molar-refractivity contribution in [2.45, 2.75) is 26.9 Å². The topological polar surface area (TPSA) is 144 Å². The monoisotopic (exact) mass is 474 g/mol. The van der Waals surface area contributed by atoms with Crippen LogP contribution >= 0.6 is 0 Å². The lowest BCUT2D eigenvalue weighted by Crippen LogP contribution is -2.49. The van der Waals surface area contributed by atoms with Crippen molar-refractivity contribution in [1.82, 2.24) is 24.1 Å². The normalized spacial score (nSPS) is 11.4. The van der Waals surface area contributed by atoms with E-state index in [0.717, 1.165) is 22.0 Å². The maximum atomic E-state index is 13.0. The highest BCUT2D eigenvalue weighted by molar-refractivity contribution is 5.85. The molecule has 4 rings (SSSR count). The molecule has 2 N–H and O–H groups in total. The van der Waals surface area contributed by atoms with Crippen LogP contribution in [0.1, 0.15) is 28.5 Å². The van der Waals surface area contributed by atoms with E-state index in [1.165, 1.54) is 10.6 Å². The molecular weight excluding hydrogens is 452 g/mol. The predicted molar refractivity (Wildman–Crippen MR) is 126 cm³/mol. The molecule has 2 aromatic heterocycles. The molecule has 178 valence electrons. The molecule has 0 unspecified atom stereocenters. The first-order valence-electron chi connectivity index (χ1n) is 10.7. The molecular formula is C24H22N6O5. The molecule has 35 heavy (non-hydrogen) atoms. The Kier molecular flexibility index (Phi) is 6.67. The summed E-state index contributed by atoms with van der Waals surface area (Å²) in [4.78, 5) is 51.2. The summed E-state index contributed by atoms with van der Waals surface area (Å²) in [6.45, 7) is 4.15. The molecule has 11 nitrogen and oxygen atoms in total. The summed E-state index contributed by atoms with van der Waals surface area (Å²) in [7, 11) is 0. The van der Waals surface area contributed by atoms with Crippen LogP contribution in [0.3, 0.4) is 0 Å². The van der Waals surface area contributed by atoms with Gasteiger partial charge in [0, 0.05) is 12.6 Å². The van der Waals surface area contributed by atoms with Crippen molar-refractivity contribution >= 4 is 11.7 Å². The minimum absolute atomic E-state index is 0.0746. The van der Waals surface area contributed by atoms with Gasteiger partial charge in [0.2, 0.25) is 11.5 Å². The van der Waals surface area contributed by atoms with Crippen LogP contribution < -0.4 is 21.7 Å². The Morgan fingerprint density at radius 2 is 1.77 bits per heavy atom. The summed E-state index contributed by atoms with van der Waals surface area (Å²) in [6, 6.07) is 15.4. The van der Waals surface area contributed by atoms with Gasteiger partial charge in [-0.25, -0.2) is 33.9 Å². The summed E-state index contributed by atoms with van der Waals surface area (Å²) in [6.07, 6.45) is 1.10. The van der Waals surface area contributed by atoms with Gasteiger partial charge >= 0.3 is 17.3 Å². The first-order chi connectivity index (χ1) is 16.8. The number of rotatable bonds is 7. The number of aryl methyl sites for hydroxylation is 1. The number of carboxylic acids is 1. The molecule has 0 radical (unpaired) electrons. The molecule has 0 amide bonds. The number of H-pyrrole nitrogens is 1. The molecule has 0 aliphatic heterocycles. The van der Waals surface area contributed by atoms with Gasteiger partial charge in [-0.2, -0.15) is 0 Å². The van der Waals surface area contributed by atoms with Crippen molar-refractivity contribution in [2.75, 3.05) is 0 Å². The van der Waals surface area contributed by atoms with Crippen molar-refractivity contribution in [3.63, 3.8) is 0 Å². The summed E-state index contributed by atoms with van der Waals surface area (Å²) >= 11 is 0. The number of aromatic nitrogens is 5. The third-order valence-electron chi connectivity index (χ3n) is 5.11. The highest BCUT2D eigenvalue weighted by atomic mass is 16.5. The van der Waals surface area contributed by atoms with E-state index in [1.54, 1.807) is 31.2 Å². The van der Waals surface area contributed by atoms with Gasteiger partial charge in [0.25, 0.3) is 0 Å². The number of ether oxygens (including phenoxy) is 1. The number of carbonyl (C=O) groups is 1. The summed E-state index contributed by atoms with van der Waals surface area (Å²) in [5, 5.41) is 9.04. The minimum Gasteiger partial charge on any atom is -0.477 e. The minimum atomic E-state index is -1.19. The van der Waals surface area contributed by atoms with Crippen LogP contribution in [0.25, 0.3) is 0 Å². The van der Waals surface area contributed by atoms with Crippen LogP contribution in [0.5, 0.6) is 11.6 Å². The number of hydrogen-bond donors (Lipinski definition) is 2. The van der Waals surface area contributed by atoms with E-state index in [0.29, 0.717) is 11.4 Å². The molecule has 11 heteroatoms. The smallest absolute Gasteiger partial charge is 0.354 e. The van der Waals surface area contributed by atoms with Gasteiger partial charge in [-0.1, -0.05) is 29.8 Å². The molecule has 0 spiro atoms. The number of aromatic carboxylic acids is 1. The lowest BCUT2D eigenvalue weighted by Gasteiger charge is -2.10. The first kappa shape index (κ1) is 23.4. The summed E-state index contributed by atoms with van der Waals surface area (Å²) < 4.78 is 8.10. The summed E-state index contributed by atoms with van der Waals surface area (Å²) in [5.41, 5.74) is 1.36. The first-order valence-corrected chi connectivity index (χ1v) is 10.7. The molecule has 2 aromatic carbocycles. The van der Waals surface area contributed by atoms with E-state index in [-0.39, 0.29) is 30.3 Å². The second-order valence-electron chi connectivity index (χ2n) is 7.61. The Morgan fingerprint density at radius 1 is 1.06 bits per heavy atom. The van der Waals surface area contributed by atoms with Crippen molar-refractivity contribution < 1.29 is 14.6 Å². The molecule has 0 fully saturated rings. The second-order valence-corrected chi connectivity index (χ2v) is 7.61. The van der Waals surface area contributed by atoms with E-state index in [9.17, 15) is 14.4 Å². The van der Waals surface area contributed by atoms with Crippen molar-refractivity contribution in [3.8, 4) is 11.6 Å². The Labute approximate surface area is 198 Å². The Balaban J connectivity index is 1.68. The van der Waals surface area contributed by atoms with Gasteiger partial charge in [-0.3, -0.25) is 9.55 Å². The number of nitrogens with zero attached hydrogens (tertiary/aromatic N) is 5. The third kappa shape index (κ3) is 5.41. The average molecular weight is 474 g/mol. The van der Waals surface area contributed by atoms with Gasteiger partial charge in [-0.15, -0.1) is 0 Å². The van der Waals surface area contributed by atoms with Crippen molar-refractivity contribution in [2.24, 2.45) is 4.99 Å². The van der Waals surface area contributed by atoms with Gasteiger partial charge in [0.15, 0.2) is 5.69 Å². The van der Waals surface area contributed by atoms with Gasteiger partial charge < -0.3 is 9.84 Å². The van der Waals surface area contributed by atoms with Crippen LogP contribution in [-0.2, 0) is 13.1 Å². The quantitative estimate of drug-likeness (QED) is 0.418. The van der Waals surface area contributed by atoms with Crippen LogP contribution in [0.15, 0.2) is 75.5 Å². The molecule has 0 saturated carbocycles. The van der Waals surface area contributed by atoms with Crippen LogP contribution in [0, 0.1) is 6.92 Å². The molecule has 0 atom stereocenters. The average Bonchev–Trinajstić information content (AvgIpc) is 2.84. The molecule has 0 saturated heterocycles. The molecule has 0 aliphatic rings. The molecule has 0 bridgehead atoms. The number of carboxylic acid groups (broad SMARTS) is 1. The van der Waals surface area contributed by atoms with E-state index >= 15 is 0 Å². The Bertz CT molecular complexity index is 1550. The lowest BCUT2D eigenvalue weighted by molar-refractivity contribution is 0.0689. The molecule has 2 heterocycles. The van der Waals surface area contributed by atoms with Crippen molar-refractivity contribution in [3.05, 3.63) is 104 Å². The van der Waals surface area contributed by atoms with E-state index < -0.39 is 17.3 Å². The van der Waals surface area contributed by atoms with Crippen LogP contribution in [-0.4, -0.2) is 35.2 Å². The maximum Gasteiger partial charge on any atom is 0.354 e. The fraction of sp³-hybridized carbons (Fsp3) is 0.167. The highest BCUT2D eigenvalue weighted by Crippen LogP contribution is 2.22. The fourth-order valence-electron chi connectivity index (χ4n) is 3.28. The SMILES string of the molecule is CCn1c(=O)[nH]/c(=N\c2ccc(Oc3cc(C(=O)O)ncn3)cc2)n(Cc2ccc(C)cc2)c1=O. The zero-order valence-corrected chi connectivity index (χ0v) is 19.0. The molecule has 0 aliphatic carbocycles. The van der Waals surface area contributed by atoms with E-state index in [1.807, 2.05) is 31.2 Å². The molecule has 4 aromatic rings. The van der Waals surface area contributed by atoms with Gasteiger partial charge in [-0.05, 0) is 43.7 Å². The predicted octanol–water partition coefficient (Wildman–Crippen LogP) is 2.23. The maximum absolute atomic E-state index is 13.0. The number of benzene rings is 2.